The van der Waals surface area contributed by atoms with Gasteiger partial charge in [-0.1, -0.05) is 36.4 Å². The van der Waals surface area contributed by atoms with E-state index in [2.05, 4.69) is 0 Å². The third-order valence-electron chi connectivity index (χ3n) is 1.77. The predicted molar refractivity (Wildman–Crippen MR) is 54.0 cm³/mol. The van der Waals surface area contributed by atoms with Gasteiger partial charge in [-0.15, -0.1) is 0 Å². The van der Waals surface area contributed by atoms with Gasteiger partial charge >= 0.3 is 0 Å². The summed E-state index contributed by atoms with van der Waals surface area (Å²) in [6.45, 7) is 1.95. The average molecular weight is 175 g/mol. The van der Waals surface area contributed by atoms with E-state index in [1.54, 1.807) is 0 Å². The van der Waals surface area contributed by atoms with Crippen LogP contribution in [0.5, 0.6) is 0 Å². The van der Waals surface area contributed by atoms with Crippen molar-refractivity contribution in [3.63, 3.8) is 0 Å². The first-order valence-corrected chi connectivity index (χ1v) is 4.23. The van der Waals surface area contributed by atoms with Gasteiger partial charge in [-0.05, 0) is 18.1 Å². The first-order chi connectivity index (χ1) is 6.24. The molecular formula is C11H13NO. The maximum absolute atomic E-state index is 10.7. The van der Waals surface area contributed by atoms with Crippen LogP contribution >= 0.6 is 0 Å². The van der Waals surface area contributed by atoms with Gasteiger partial charge in [-0.25, -0.2) is 0 Å². The Bertz CT molecular complexity index is 329. The lowest BCUT2D eigenvalue weighted by molar-refractivity contribution is -0.117. The number of amides is 1. The number of nitrogens with two attached hydrogens (primary N) is 1. The van der Waals surface area contributed by atoms with Gasteiger partial charge in [0.25, 0.3) is 0 Å². The predicted octanol–water partition coefficient (Wildman–Crippen LogP) is 1.75. The van der Waals surface area contributed by atoms with Crippen LogP contribution in [0.15, 0.2) is 30.3 Å². The van der Waals surface area contributed by atoms with Gasteiger partial charge in [0.1, 0.15) is 0 Å². The molecule has 0 atom stereocenters. The summed E-state index contributed by atoms with van der Waals surface area (Å²) >= 11 is 0. The SMILES string of the molecule is CC=Cc1ccccc1CC(N)=O. The maximum atomic E-state index is 10.7. The summed E-state index contributed by atoms with van der Waals surface area (Å²) in [6.07, 6.45) is 4.22. The summed E-state index contributed by atoms with van der Waals surface area (Å²) in [6, 6.07) is 7.74. The van der Waals surface area contributed by atoms with Crippen LogP contribution in [-0.2, 0) is 11.2 Å². The minimum atomic E-state index is -0.294. The van der Waals surface area contributed by atoms with E-state index < -0.39 is 0 Å². The Morgan fingerprint density at radius 3 is 2.77 bits per heavy atom. The van der Waals surface area contributed by atoms with Crippen LogP contribution < -0.4 is 5.73 Å². The van der Waals surface area contributed by atoms with E-state index in [1.807, 2.05) is 43.3 Å². The minimum Gasteiger partial charge on any atom is -0.369 e. The number of primary amides is 1. The first-order valence-electron chi connectivity index (χ1n) is 4.23. The van der Waals surface area contributed by atoms with Gasteiger partial charge in [0.05, 0.1) is 6.42 Å². The van der Waals surface area contributed by atoms with Crippen molar-refractivity contribution in [2.24, 2.45) is 5.73 Å². The lowest BCUT2D eigenvalue weighted by atomic mass is 10.0. The Labute approximate surface area is 78.1 Å². The second-order valence-electron chi connectivity index (χ2n) is 2.84. The molecule has 13 heavy (non-hydrogen) atoms. The molecule has 0 saturated heterocycles. The summed E-state index contributed by atoms with van der Waals surface area (Å²) in [7, 11) is 0. The second kappa shape index (κ2) is 4.45. The van der Waals surface area contributed by atoms with Crippen LogP contribution in [0.4, 0.5) is 0 Å². The molecule has 1 amide bonds. The molecule has 0 radical (unpaired) electrons. The Kier molecular flexibility index (Phi) is 3.26. The third kappa shape index (κ3) is 2.75. The molecule has 0 aliphatic carbocycles. The normalized spacial score (nSPS) is 10.5. The van der Waals surface area contributed by atoms with Crippen LogP contribution in [0, 0.1) is 0 Å². The highest BCUT2D eigenvalue weighted by Gasteiger charge is 2.01. The zero-order chi connectivity index (χ0) is 9.68. The molecule has 2 nitrogen and oxygen atoms in total. The fourth-order valence-electron chi connectivity index (χ4n) is 1.23. The molecule has 0 heterocycles. The molecule has 1 aromatic carbocycles. The molecule has 0 aliphatic rings. The van der Waals surface area contributed by atoms with E-state index in [4.69, 9.17) is 5.73 Å². The van der Waals surface area contributed by atoms with E-state index in [0.717, 1.165) is 11.1 Å². The van der Waals surface area contributed by atoms with E-state index in [9.17, 15) is 4.79 Å². The number of carbonyl (C=O) groups is 1. The van der Waals surface area contributed by atoms with Gasteiger partial charge < -0.3 is 5.73 Å². The van der Waals surface area contributed by atoms with Gasteiger partial charge in [-0.2, -0.15) is 0 Å². The van der Waals surface area contributed by atoms with Crippen molar-refractivity contribution < 1.29 is 4.79 Å². The second-order valence-corrected chi connectivity index (χ2v) is 2.84. The summed E-state index contributed by atoms with van der Waals surface area (Å²) in [4.78, 5) is 10.7. The van der Waals surface area contributed by atoms with Crippen LogP contribution in [-0.4, -0.2) is 5.91 Å². The number of hydrogen-bond acceptors (Lipinski definition) is 1. The Balaban J connectivity index is 2.97. The van der Waals surface area contributed by atoms with Crippen LogP contribution in [0.3, 0.4) is 0 Å². The topological polar surface area (TPSA) is 43.1 Å². The van der Waals surface area contributed by atoms with E-state index >= 15 is 0 Å². The monoisotopic (exact) mass is 175 g/mol. The summed E-state index contributed by atoms with van der Waals surface area (Å²) in [5, 5.41) is 0. The molecule has 0 unspecified atom stereocenters. The van der Waals surface area contributed by atoms with Crippen molar-refractivity contribution in [2.45, 2.75) is 13.3 Å². The van der Waals surface area contributed by atoms with Crippen molar-refractivity contribution >= 4 is 12.0 Å². The highest BCUT2D eigenvalue weighted by Crippen LogP contribution is 2.10. The van der Waals surface area contributed by atoms with Crippen molar-refractivity contribution in [2.75, 3.05) is 0 Å². The first kappa shape index (κ1) is 9.52. The van der Waals surface area contributed by atoms with E-state index in [1.165, 1.54) is 0 Å². The fraction of sp³-hybridized carbons (Fsp3) is 0.182. The Morgan fingerprint density at radius 1 is 1.46 bits per heavy atom. The molecule has 0 bridgehead atoms. The van der Waals surface area contributed by atoms with Crippen LogP contribution in [0.25, 0.3) is 6.08 Å². The Hall–Kier alpha value is -1.57. The molecular weight excluding hydrogens is 162 g/mol. The average Bonchev–Trinajstić information content (AvgIpc) is 2.08. The number of benzene rings is 1. The zero-order valence-electron chi connectivity index (χ0n) is 7.66. The van der Waals surface area contributed by atoms with Crippen molar-refractivity contribution in [1.29, 1.82) is 0 Å². The third-order valence-corrected chi connectivity index (χ3v) is 1.77. The molecule has 68 valence electrons. The van der Waals surface area contributed by atoms with Crippen molar-refractivity contribution in [3.05, 3.63) is 41.5 Å². The highest BCUT2D eigenvalue weighted by atomic mass is 16.1. The summed E-state index contributed by atoms with van der Waals surface area (Å²) < 4.78 is 0. The fourth-order valence-corrected chi connectivity index (χ4v) is 1.23. The summed E-state index contributed by atoms with van der Waals surface area (Å²) in [5.74, 6) is -0.294. The largest absolute Gasteiger partial charge is 0.369 e. The maximum Gasteiger partial charge on any atom is 0.221 e. The molecule has 0 spiro atoms. The van der Waals surface area contributed by atoms with Crippen molar-refractivity contribution in [1.82, 2.24) is 0 Å². The van der Waals surface area contributed by atoms with Crippen LogP contribution in [0.1, 0.15) is 18.1 Å². The number of allylic oxidation sites excluding steroid dienone is 1. The Morgan fingerprint density at radius 2 is 2.15 bits per heavy atom. The molecule has 1 aromatic rings. The van der Waals surface area contributed by atoms with E-state index in [0.29, 0.717) is 6.42 Å². The summed E-state index contributed by atoms with van der Waals surface area (Å²) in [5.41, 5.74) is 7.17. The standard InChI is InChI=1S/C11H13NO/c1-2-5-9-6-3-4-7-10(9)8-11(12)13/h2-7H,8H2,1H3,(H2,12,13). The molecule has 0 fully saturated rings. The molecule has 2 N–H and O–H groups in total. The zero-order valence-corrected chi connectivity index (χ0v) is 7.66. The number of hydrogen-bond donors (Lipinski definition) is 1. The smallest absolute Gasteiger partial charge is 0.221 e. The molecule has 0 aromatic heterocycles. The number of rotatable bonds is 3. The lowest BCUT2D eigenvalue weighted by Gasteiger charge is -2.02. The van der Waals surface area contributed by atoms with Gasteiger partial charge in [0, 0.05) is 0 Å². The van der Waals surface area contributed by atoms with Gasteiger partial charge in [0.15, 0.2) is 0 Å². The highest BCUT2D eigenvalue weighted by molar-refractivity contribution is 5.78. The van der Waals surface area contributed by atoms with Crippen molar-refractivity contribution in [3.8, 4) is 0 Å². The molecule has 1 rings (SSSR count). The molecule has 2 heteroatoms. The van der Waals surface area contributed by atoms with Gasteiger partial charge in [0.2, 0.25) is 5.91 Å². The van der Waals surface area contributed by atoms with Crippen LogP contribution in [0.2, 0.25) is 0 Å². The molecule has 0 saturated carbocycles. The lowest BCUT2D eigenvalue weighted by Crippen LogP contribution is -2.14. The quantitative estimate of drug-likeness (QED) is 0.747. The molecule has 0 aliphatic heterocycles. The number of carbonyl (C=O) groups excluding carboxylic acids is 1. The minimum absolute atomic E-state index is 0.294. The van der Waals surface area contributed by atoms with Gasteiger partial charge in [-0.3, -0.25) is 4.79 Å². The van der Waals surface area contributed by atoms with E-state index in [-0.39, 0.29) is 5.91 Å².